The minimum Gasteiger partial charge on any atom is -0.399 e. The van der Waals surface area contributed by atoms with Crippen LogP contribution < -0.4 is 5.46 Å². The standard InChI is InChI=1S/C21H34BClO2/c1-6-7-8-9-10-11-12-13-17-14-15-19(23)18(16-17)22-24-20(2,3)21(4,5)25-22/h14-16H,6-13H2,1-5H3. The third kappa shape index (κ3) is 5.48. The van der Waals surface area contributed by atoms with E-state index in [9.17, 15) is 0 Å². The fourth-order valence-corrected chi connectivity index (χ4v) is 3.39. The van der Waals surface area contributed by atoms with Crippen LogP contribution in [-0.4, -0.2) is 18.3 Å². The maximum absolute atomic E-state index is 6.43. The normalized spacial score (nSPS) is 18.7. The van der Waals surface area contributed by atoms with Gasteiger partial charge >= 0.3 is 7.12 Å². The topological polar surface area (TPSA) is 18.5 Å². The average Bonchev–Trinajstić information content (AvgIpc) is 2.76. The van der Waals surface area contributed by atoms with E-state index in [1.54, 1.807) is 0 Å². The second-order valence-electron chi connectivity index (χ2n) is 8.32. The van der Waals surface area contributed by atoms with Crippen LogP contribution in [-0.2, 0) is 15.7 Å². The minimum atomic E-state index is -0.383. The molecule has 0 N–H and O–H groups in total. The van der Waals surface area contributed by atoms with Crippen LogP contribution in [0.2, 0.25) is 5.02 Å². The second-order valence-corrected chi connectivity index (χ2v) is 8.72. The van der Waals surface area contributed by atoms with E-state index in [2.05, 4.69) is 46.8 Å². The molecular formula is C21H34BClO2. The van der Waals surface area contributed by atoms with E-state index in [4.69, 9.17) is 20.9 Å². The van der Waals surface area contributed by atoms with E-state index in [0.29, 0.717) is 0 Å². The monoisotopic (exact) mass is 364 g/mol. The van der Waals surface area contributed by atoms with Crippen molar-refractivity contribution in [3.63, 3.8) is 0 Å². The first-order valence-corrected chi connectivity index (χ1v) is 10.3. The Morgan fingerprint density at radius 1 is 0.880 bits per heavy atom. The molecule has 2 rings (SSSR count). The van der Waals surface area contributed by atoms with Crippen molar-refractivity contribution in [2.24, 2.45) is 0 Å². The Morgan fingerprint density at radius 3 is 2.04 bits per heavy atom. The number of hydrogen-bond donors (Lipinski definition) is 0. The van der Waals surface area contributed by atoms with Crippen LogP contribution in [0.3, 0.4) is 0 Å². The van der Waals surface area contributed by atoms with Crippen molar-refractivity contribution < 1.29 is 9.31 Å². The van der Waals surface area contributed by atoms with Crippen LogP contribution in [0.5, 0.6) is 0 Å². The first-order valence-electron chi connectivity index (χ1n) is 9.91. The third-order valence-electron chi connectivity index (χ3n) is 5.64. The zero-order chi connectivity index (χ0) is 18.5. The fraction of sp³-hybridized carbons (Fsp3) is 0.714. The van der Waals surface area contributed by atoms with Gasteiger partial charge in [-0.05, 0) is 52.2 Å². The summed E-state index contributed by atoms with van der Waals surface area (Å²) < 4.78 is 12.3. The summed E-state index contributed by atoms with van der Waals surface area (Å²) >= 11 is 6.43. The molecule has 1 aliphatic heterocycles. The molecule has 0 saturated carbocycles. The van der Waals surface area contributed by atoms with E-state index in [1.165, 1.54) is 50.5 Å². The molecule has 1 aromatic carbocycles. The molecule has 1 heterocycles. The Morgan fingerprint density at radius 2 is 1.44 bits per heavy atom. The van der Waals surface area contributed by atoms with Crippen LogP contribution in [0.4, 0.5) is 0 Å². The summed E-state index contributed by atoms with van der Waals surface area (Å²) in [5, 5.41) is 0.724. The lowest BCUT2D eigenvalue weighted by molar-refractivity contribution is 0.00578. The van der Waals surface area contributed by atoms with Crippen LogP contribution in [0.15, 0.2) is 18.2 Å². The highest BCUT2D eigenvalue weighted by molar-refractivity contribution is 6.65. The third-order valence-corrected chi connectivity index (χ3v) is 5.98. The molecular weight excluding hydrogens is 330 g/mol. The zero-order valence-corrected chi connectivity index (χ0v) is 17.4. The highest BCUT2D eigenvalue weighted by Crippen LogP contribution is 2.37. The molecule has 1 aromatic rings. The molecule has 2 nitrogen and oxygen atoms in total. The van der Waals surface area contributed by atoms with Crippen molar-refractivity contribution in [1.29, 1.82) is 0 Å². The Hall–Kier alpha value is -0.505. The van der Waals surface area contributed by atoms with Crippen LogP contribution >= 0.6 is 11.6 Å². The van der Waals surface area contributed by atoms with Gasteiger partial charge in [-0.2, -0.15) is 0 Å². The van der Waals surface area contributed by atoms with Gasteiger partial charge in [0.2, 0.25) is 0 Å². The summed E-state index contributed by atoms with van der Waals surface area (Å²) in [5.74, 6) is 0. The van der Waals surface area contributed by atoms with E-state index in [0.717, 1.165) is 16.9 Å². The molecule has 0 spiro atoms. The Balaban J connectivity index is 1.90. The predicted molar refractivity (Wildman–Crippen MR) is 109 cm³/mol. The lowest BCUT2D eigenvalue weighted by Crippen LogP contribution is -2.41. The van der Waals surface area contributed by atoms with Gasteiger partial charge in [-0.3, -0.25) is 0 Å². The molecule has 1 fully saturated rings. The van der Waals surface area contributed by atoms with Crippen molar-refractivity contribution in [2.75, 3.05) is 0 Å². The van der Waals surface area contributed by atoms with Crippen LogP contribution in [0.1, 0.15) is 85.1 Å². The van der Waals surface area contributed by atoms with Gasteiger partial charge in [-0.25, -0.2) is 0 Å². The molecule has 4 heteroatoms. The molecule has 0 bridgehead atoms. The first kappa shape index (κ1) is 20.8. The first-order chi connectivity index (χ1) is 11.8. The van der Waals surface area contributed by atoms with Crippen molar-refractivity contribution >= 4 is 24.2 Å². The van der Waals surface area contributed by atoms with Gasteiger partial charge in [0.1, 0.15) is 0 Å². The molecule has 0 unspecified atom stereocenters. The molecule has 140 valence electrons. The summed E-state index contributed by atoms with van der Waals surface area (Å²) in [5.41, 5.74) is 1.61. The molecule has 0 aliphatic carbocycles. The summed E-state index contributed by atoms with van der Waals surface area (Å²) in [4.78, 5) is 0. The highest BCUT2D eigenvalue weighted by atomic mass is 35.5. The lowest BCUT2D eigenvalue weighted by Gasteiger charge is -2.32. The smallest absolute Gasteiger partial charge is 0.399 e. The predicted octanol–water partition coefficient (Wildman–Crippen LogP) is 5.93. The summed E-state index contributed by atoms with van der Waals surface area (Å²) in [6, 6.07) is 6.29. The summed E-state index contributed by atoms with van der Waals surface area (Å²) in [7, 11) is -0.383. The molecule has 0 atom stereocenters. The maximum Gasteiger partial charge on any atom is 0.496 e. The minimum absolute atomic E-state index is 0.338. The van der Waals surface area contributed by atoms with Gasteiger partial charge in [0.05, 0.1) is 11.2 Å². The largest absolute Gasteiger partial charge is 0.496 e. The number of unbranched alkanes of at least 4 members (excludes halogenated alkanes) is 6. The van der Waals surface area contributed by atoms with E-state index in [-0.39, 0.29) is 18.3 Å². The Kier molecular flexibility index (Phi) is 7.43. The number of rotatable bonds is 9. The zero-order valence-electron chi connectivity index (χ0n) is 16.7. The average molecular weight is 365 g/mol. The summed E-state index contributed by atoms with van der Waals surface area (Å²) in [6.45, 7) is 10.6. The Labute approximate surface area is 159 Å². The molecule has 0 amide bonds. The van der Waals surface area contributed by atoms with Gasteiger partial charge in [0.25, 0.3) is 0 Å². The van der Waals surface area contributed by atoms with Crippen LogP contribution in [0.25, 0.3) is 0 Å². The second kappa shape index (κ2) is 8.93. The van der Waals surface area contributed by atoms with Gasteiger partial charge in [0, 0.05) is 10.5 Å². The summed E-state index contributed by atoms with van der Waals surface area (Å²) in [6.07, 6.45) is 10.4. The van der Waals surface area contributed by atoms with Crippen molar-refractivity contribution in [1.82, 2.24) is 0 Å². The van der Waals surface area contributed by atoms with Crippen LogP contribution in [0, 0.1) is 0 Å². The van der Waals surface area contributed by atoms with Gasteiger partial charge in [-0.15, -0.1) is 0 Å². The molecule has 25 heavy (non-hydrogen) atoms. The van der Waals surface area contributed by atoms with Gasteiger partial charge in [-0.1, -0.05) is 69.2 Å². The maximum atomic E-state index is 6.43. The van der Waals surface area contributed by atoms with Crippen molar-refractivity contribution in [3.8, 4) is 0 Å². The highest BCUT2D eigenvalue weighted by Gasteiger charge is 2.52. The van der Waals surface area contributed by atoms with E-state index < -0.39 is 0 Å². The SMILES string of the molecule is CCCCCCCCCc1ccc(Cl)c(B2OC(C)(C)C(C)(C)O2)c1. The molecule has 0 aromatic heterocycles. The van der Waals surface area contributed by atoms with E-state index in [1.807, 2.05) is 6.07 Å². The van der Waals surface area contributed by atoms with Gasteiger partial charge < -0.3 is 9.31 Å². The number of hydrogen-bond acceptors (Lipinski definition) is 2. The number of aryl methyl sites for hydroxylation is 1. The quantitative estimate of drug-likeness (QED) is 0.399. The molecule has 1 saturated heterocycles. The van der Waals surface area contributed by atoms with E-state index >= 15 is 0 Å². The fourth-order valence-electron chi connectivity index (χ4n) is 3.19. The lowest BCUT2D eigenvalue weighted by atomic mass is 9.78. The molecule has 1 aliphatic rings. The Bertz CT molecular complexity index is 541. The van der Waals surface area contributed by atoms with Crippen molar-refractivity contribution in [3.05, 3.63) is 28.8 Å². The number of benzene rings is 1. The molecule has 0 radical (unpaired) electrons. The number of halogens is 1. The van der Waals surface area contributed by atoms with Crippen molar-refractivity contribution in [2.45, 2.75) is 97.2 Å². The van der Waals surface area contributed by atoms with Gasteiger partial charge in [0.15, 0.2) is 0 Å².